The molecule has 4 nitrogen and oxygen atoms in total. The maximum Gasteiger partial charge on any atom is 0.341 e. The van der Waals surface area contributed by atoms with Crippen LogP contribution in [0.3, 0.4) is 0 Å². The summed E-state index contributed by atoms with van der Waals surface area (Å²) in [5.74, 6) is 1.70. The number of rotatable bonds is 1. The fourth-order valence-corrected chi connectivity index (χ4v) is 5.47. The molecule has 0 amide bonds. The Morgan fingerprint density at radius 1 is 1.19 bits per heavy atom. The number of halogens is 1. The molecule has 1 saturated carbocycles. The van der Waals surface area contributed by atoms with Gasteiger partial charge in [-0.1, -0.05) is 18.0 Å². The Bertz CT molecular complexity index is 910. The minimum atomic E-state index is -0.212. The van der Waals surface area contributed by atoms with Gasteiger partial charge in [-0.2, -0.15) is 0 Å². The van der Waals surface area contributed by atoms with E-state index in [0.717, 1.165) is 45.4 Å². The predicted octanol–water partition coefficient (Wildman–Crippen LogP) is 3.85. The van der Waals surface area contributed by atoms with E-state index in [9.17, 15) is 4.79 Å². The van der Waals surface area contributed by atoms with Gasteiger partial charge in [0.25, 0.3) is 0 Å². The smallest absolute Gasteiger partial charge is 0.341 e. The Morgan fingerprint density at radius 3 is 2.73 bits per heavy atom. The maximum absolute atomic E-state index is 12.5. The fraction of sp³-hybridized carbons (Fsp3) is 0.571. The van der Waals surface area contributed by atoms with Crippen LogP contribution in [0, 0.1) is 18.8 Å². The molecule has 2 aliphatic heterocycles. The van der Waals surface area contributed by atoms with Crippen molar-refractivity contribution in [2.24, 2.45) is 11.8 Å². The summed E-state index contributed by atoms with van der Waals surface area (Å²) in [6.07, 6.45) is 6.69. The highest BCUT2D eigenvalue weighted by Gasteiger charge is 2.35. The second kappa shape index (κ2) is 6.36. The molecular formula is C21H25ClN2O2. The van der Waals surface area contributed by atoms with Crippen molar-refractivity contribution in [1.82, 2.24) is 10.2 Å². The van der Waals surface area contributed by atoms with Crippen molar-refractivity contribution in [2.75, 3.05) is 13.1 Å². The zero-order chi connectivity index (χ0) is 17.8. The lowest BCUT2D eigenvalue weighted by Gasteiger charge is -2.46. The monoisotopic (exact) mass is 372 g/mol. The lowest BCUT2D eigenvalue weighted by molar-refractivity contribution is 0.0376. The standard InChI is InChI=1S/C21H25ClN2O2/c1-12-5-19-16(7-18(12)22)15-8-20(23-9-17(15)21(25)26-19)24-10-13-3-2-4-14(6-13)11-24/h5,7,13-14,20,23H,2-4,6,8-11H2,1H3. The van der Waals surface area contributed by atoms with Crippen LogP contribution < -0.4 is 10.9 Å². The molecule has 1 saturated heterocycles. The third-order valence-electron chi connectivity index (χ3n) is 6.63. The lowest BCUT2D eigenvalue weighted by atomic mass is 9.77. The first-order chi connectivity index (χ1) is 12.6. The number of hydrogen-bond donors (Lipinski definition) is 1. The van der Waals surface area contributed by atoms with Gasteiger partial charge in [0, 0.05) is 36.5 Å². The number of nitrogens with zero attached hydrogens (tertiary/aromatic N) is 1. The van der Waals surface area contributed by atoms with Gasteiger partial charge in [-0.25, -0.2) is 4.79 Å². The lowest BCUT2D eigenvalue weighted by Crippen LogP contribution is -2.55. The number of likely N-dealkylation sites (tertiary alicyclic amines) is 1. The second-order valence-corrected chi connectivity index (χ2v) is 8.80. The summed E-state index contributed by atoms with van der Waals surface area (Å²) < 4.78 is 5.57. The van der Waals surface area contributed by atoms with Crippen molar-refractivity contribution in [3.63, 3.8) is 0 Å². The van der Waals surface area contributed by atoms with E-state index in [1.54, 1.807) is 0 Å². The van der Waals surface area contributed by atoms with Gasteiger partial charge in [-0.15, -0.1) is 0 Å². The van der Waals surface area contributed by atoms with Gasteiger partial charge in [0.15, 0.2) is 0 Å². The molecule has 5 rings (SSSR count). The molecule has 1 aliphatic carbocycles. The molecule has 26 heavy (non-hydrogen) atoms. The van der Waals surface area contributed by atoms with Gasteiger partial charge >= 0.3 is 5.63 Å². The van der Waals surface area contributed by atoms with Crippen LogP contribution in [0.15, 0.2) is 21.3 Å². The Balaban J connectivity index is 1.51. The van der Waals surface area contributed by atoms with E-state index in [2.05, 4.69) is 10.2 Å². The van der Waals surface area contributed by atoms with Crippen molar-refractivity contribution in [3.8, 4) is 0 Å². The molecule has 2 bridgehead atoms. The molecular weight excluding hydrogens is 348 g/mol. The fourth-order valence-electron chi connectivity index (χ4n) is 5.30. The number of fused-ring (bicyclic) bond motifs is 5. The zero-order valence-electron chi connectivity index (χ0n) is 15.2. The molecule has 1 aromatic heterocycles. The van der Waals surface area contributed by atoms with Gasteiger partial charge in [0.1, 0.15) is 5.58 Å². The number of aryl methyl sites for hydroxylation is 1. The van der Waals surface area contributed by atoms with Gasteiger partial charge in [-0.3, -0.25) is 10.2 Å². The largest absolute Gasteiger partial charge is 0.422 e. The Hall–Kier alpha value is -1.36. The normalized spacial score (nSPS) is 28.9. The van der Waals surface area contributed by atoms with E-state index in [-0.39, 0.29) is 5.63 Å². The summed E-state index contributed by atoms with van der Waals surface area (Å²) in [4.78, 5) is 15.1. The molecule has 2 aromatic rings. The van der Waals surface area contributed by atoms with Gasteiger partial charge < -0.3 is 4.42 Å². The van der Waals surface area contributed by atoms with Crippen LogP contribution in [0.1, 0.15) is 42.4 Å². The molecule has 5 heteroatoms. The van der Waals surface area contributed by atoms with Crippen LogP contribution >= 0.6 is 11.6 Å². The van der Waals surface area contributed by atoms with Crippen LogP contribution in [0.25, 0.3) is 11.0 Å². The highest BCUT2D eigenvalue weighted by atomic mass is 35.5. The maximum atomic E-state index is 12.5. The molecule has 138 valence electrons. The predicted molar refractivity (Wildman–Crippen MR) is 104 cm³/mol. The average molecular weight is 373 g/mol. The van der Waals surface area contributed by atoms with Crippen LogP contribution in [0.4, 0.5) is 0 Å². The van der Waals surface area contributed by atoms with Crippen LogP contribution in [-0.4, -0.2) is 24.2 Å². The summed E-state index contributed by atoms with van der Waals surface area (Å²) in [6.45, 7) is 4.89. The number of benzene rings is 1. The first kappa shape index (κ1) is 16.8. The van der Waals surface area contributed by atoms with E-state index < -0.39 is 0 Å². The Labute approximate surface area is 158 Å². The van der Waals surface area contributed by atoms with E-state index in [4.69, 9.17) is 16.0 Å². The third kappa shape index (κ3) is 2.79. The van der Waals surface area contributed by atoms with Crippen molar-refractivity contribution in [2.45, 2.75) is 51.7 Å². The number of piperidine rings is 1. The molecule has 3 aliphatic rings. The molecule has 0 spiro atoms. The third-order valence-corrected chi connectivity index (χ3v) is 7.04. The van der Waals surface area contributed by atoms with E-state index in [0.29, 0.717) is 18.3 Å². The number of hydrogen-bond acceptors (Lipinski definition) is 4. The summed E-state index contributed by atoms with van der Waals surface area (Å²) in [6, 6.07) is 3.86. The minimum Gasteiger partial charge on any atom is -0.422 e. The topological polar surface area (TPSA) is 45.5 Å². The van der Waals surface area contributed by atoms with Crippen molar-refractivity contribution >= 4 is 22.6 Å². The highest BCUT2D eigenvalue weighted by molar-refractivity contribution is 6.32. The Kier molecular flexibility index (Phi) is 4.11. The molecule has 2 fully saturated rings. The molecule has 1 aromatic carbocycles. The second-order valence-electron chi connectivity index (χ2n) is 8.40. The number of nitrogens with one attached hydrogen (secondary N) is 1. The molecule has 3 atom stereocenters. The minimum absolute atomic E-state index is 0.212. The van der Waals surface area contributed by atoms with E-state index in [1.807, 2.05) is 19.1 Å². The molecule has 3 unspecified atom stereocenters. The van der Waals surface area contributed by atoms with Crippen molar-refractivity contribution in [3.05, 3.63) is 44.3 Å². The van der Waals surface area contributed by atoms with Crippen LogP contribution in [0.5, 0.6) is 0 Å². The summed E-state index contributed by atoms with van der Waals surface area (Å²) in [7, 11) is 0. The summed E-state index contributed by atoms with van der Waals surface area (Å²) in [5.41, 5.74) is 3.28. The Morgan fingerprint density at radius 2 is 1.96 bits per heavy atom. The first-order valence-corrected chi connectivity index (χ1v) is 10.2. The van der Waals surface area contributed by atoms with Crippen molar-refractivity contribution < 1.29 is 4.42 Å². The first-order valence-electron chi connectivity index (χ1n) is 9.80. The summed E-state index contributed by atoms with van der Waals surface area (Å²) in [5, 5.41) is 5.33. The van der Waals surface area contributed by atoms with Crippen LogP contribution in [-0.2, 0) is 13.0 Å². The highest BCUT2D eigenvalue weighted by Crippen LogP contribution is 2.36. The molecule has 3 heterocycles. The van der Waals surface area contributed by atoms with Gasteiger partial charge in [0.2, 0.25) is 0 Å². The molecule has 1 N–H and O–H groups in total. The van der Waals surface area contributed by atoms with E-state index in [1.165, 1.54) is 38.8 Å². The van der Waals surface area contributed by atoms with Crippen molar-refractivity contribution in [1.29, 1.82) is 0 Å². The quantitative estimate of drug-likeness (QED) is 0.772. The SMILES string of the molecule is Cc1cc2oc(=O)c3c(c2cc1Cl)CC(N1CC2CCCC(C2)C1)NC3. The van der Waals surface area contributed by atoms with E-state index >= 15 is 0 Å². The van der Waals surface area contributed by atoms with Crippen LogP contribution in [0.2, 0.25) is 5.02 Å². The molecule has 0 radical (unpaired) electrons. The van der Waals surface area contributed by atoms with Gasteiger partial charge in [-0.05, 0) is 61.3 Å². The van der Waals surface area contributed by atoms with Gasteiger partial charge in [0.05, 0.1) is 11.7 Å². The zero-order valence-corrected chi connectivity index (χ0v) is 15.9. The average Bonchev–Trinajstić information content (AvgIpc) is 2.63. The summed E-state index contributed by atoms with van der Waals surface area (Å²) >= 11 is 6.37.